The van der Waals surface area contributed by atoms with Crippen molar-refractivity contribution in [3.63, 3.8) is 0 Å². The van der Waals surface area contributed by atoms with Gasteiger partial charge in [-0.15, -0.1) is 17.0 Å². The zero-order valence-electron chi connectivity index (χ0n) is 12.3. The molecule has 0 saturated heterocycles. The molecule has 1 aromatic carbocycles. The summed E-state index contributed by atoms with van der Waals surface area (Å²) >= 11 is 10.9. The van der Waals surface area contributed by atoms with Crippen LogP contribution in [0.1, 0.15) is 13.8 Å². The van der Waals surface area contributed by atoms with E-state index in [0.29, 0.717) is 5.30 Å². The van der Waals surface area contributed by atoms with Crippen molar-refractivity contribution in [2.24, 2.45) is 0 Å². The van der Waals surface area contributed by atoms with Crippen LogP contribution >= 0.6 is 5.24 Å². The van der Waals surface area contributed by atoms with E-state index in [1.807, 2.05) is 6.07 Å². The van der Waals surface area contributed by atoms with Gasteiger partial charge in [0.1, 0.15) is 0 Å². The van der Waals surface area contributed by atoms with Gasteiger partial charge in [-0.05, 0) is 19.2 Å². The quantitative estimate of drug-likeness (QED) is 0.209. The molecular weight excluding hydrogens is 338 g/mol. The van der Waals surface area contributed by atoms with Crippen LogP contribution in [0.2, 0.25) is 0 Å². The van der Waals surface area contributed by atoms with Crippen LogP contribution in [-0.4, -0.2) is 30.8 Å². The first-order valence-corrected chi connectivity index (χ1v) is 10.0. The third kappa shape index (κ3) is 5.70. The van der Waals surface area contributed by atoms with Crippen molar-refractivity contribution >= 4 is 46.5 Å². The van der Waals surface area contributed by atoms with Crippen LogP contribution in [0.4, 0.5) is 0 Å². The van der Waals surface area contributed by atoms with Gasteiger partial charge in [-0.25, -0.2) is 0 Å². The summed E-state index contributed by atoms with van der Waals surface area (Å²) in [5, 5.41) is -2.22. The standard InChI is InChI=1S/C13H17O4PS2.Na/c1-3-16-12(14)11(13(15)17-4-2)18(19,20)10-8-6-5-7-9-10;/h5-9,11H,3-4H2,1-2H3,(H,19,20);/q;+1/p-1. The summed E-state index contributed by atoms with van der Waals surface area (Å²) in [5.74, 6) is -1.40. The molecule has 0 bridgehead atoms. The van der Waals surface area contributed by atoms with E-state index < -0.39 is 22.8 Å². The van der Waals surface area contributed by atoms with Gasteiger partial charge in [-0.1, -0.05) is 30.3 Å². The molecule has 1 rings (SSSR count). The van der Waals surface area contributed by atoms with Crippen molar-refractivity contribution in [1.82, 2.24) is 0 Å². The van der Waals surface area contributed by atoms with Crippen LogP contribution in [0.25, 0.3) is 0 Å². The van der Waals surface area contributed by atoms with Gasteiger partial charge < -0.3 is 21.7 Å². The average molecular weight is 354 g/mol. The zero-order valence-corrected chi connectivity index (χ0v) is 16.8. The largest absolute Gasteiger partial charge is 1.00 e. The number of hydrogen-bond donors (Lipinski definition) is 0. The first-order chi connectivity index (χ1) is 9.45. The van der Waals surface area contributed by atoms with E-state index in [1.165, 1.54) is 0 Å². The van der Waals surface area contributed by atoms with Gasteiger partial charge in [0.15, 0.2) is 5.66 Å². The fraction of sp³-hybridized carbons (Fsp3) is 0.385. The third-order valence-corrected chi connectivity index (χ3v) is 7.12. The minimum absolute atomic E-state index is 0. The van der Waals surface area contributed by atoms with Crippen molar-refractivity contribution in [3.8, 4) is 0 Å². The summed E-state index contributed by atoms with van der Waals surface area (Å²) in [4.78, 5) is 24.1. The van der Waals surface area contributed by atoms with Crippen molar-refractivity contribution in [1.29, 1.82) is 0 Å². The molecule has 0 radical (unpaired) electrons. The molecule has 0 fully saturated rings. The van der Waals surface area contributed by atoms with Gasteiger partial charge in [0.25, 0.3) is 0 Å². The molecule has 0 aliphatic heterocycles. The van der Waals surface area contributed by atoms with Crippen molar-refractivity contribution in [3.05, 3.63) is 30.3 Å². The minimum atomic E-state index is -2.86. The van der Waals surface area contributed by atoms with Gasteiger partial charge >= 0.3 is 41.5 Å². The number of ether oxygens (including phenoxy) is 2. The Morgan fingerprint density at radius 1 is 1.14 bits per heavy atom. The van der Waals surface area contributed by atoms with Crippen molar-refractivity contribution < 1.29 is 48.6 Å². The number of hydrogen-bond acceptors (Lipinski definition) is 6. The fourth-order valence-electron chi connectivity index (χ4n) is 1.60. The predicted octanol–water partition coefficient (Wildman–Crippen LogP) is -1.25. The molecule has 0 aromatic heterocycles. The molecule has 0 heterocycles. The van der Waals surface area contributed by atoms with Crippen LogP contribution in [0.5, 0.6) is 0 Å². The van der Waals surface area contributed by atoms with Crippen molar-refractivity contribution in [2.45, 2.75) is 19.5 Å². The van der Waals surface area contributed by atoms with Gasteiger partial charge in [-0.3, -0.25) is 9.59 Å². The summed E-state index contributed by atoms with van der Waals surface area (Å²) in [6, 6.07) is 8.84. The third-order valence-electron chi connectivity index (χ3n) is 2.48. The summed E-state index contributed by atoms with van der Waals surface area (Å²) in [7, 11) is 0. The molecule has 1 unspecified atom stereocenters. The first kappa shape index (κ1) is 21.2. The Kier molecular flexibility index (Phi) is 10.1. The summed E-state index contributed by atoms with van der Waals surface area (Å²) in [6.45, 7) is 3.65. The van der Waals surface area contributed by atoms with Gasteiger partial charge in [0, 0.05) is 0 Å². The Balaban J connectivity index is 0.00000400. The number of benzene rings is 1. The van der Waals surface area contributed by atoms with Crippen LogP contribution in [0, 0.1) is 0 Å². The van der Waals surface area contributed by atoms with E-state index in [0.717, 1.165) is 0 Å². The Labute approximate surface area is 157 Å². The minimum Gasteiger partial charge on any atom is -0.741 e. The predicted molar refractivity (Wildman–Crippen MR) is 84.8 cm³/mol. The smallest absolute Gasteiger partial charge is 0.741 e. The van der Waals surface area contributed by atoms with E-state index >= 15 is 0 Å². The molecule has 1 aromatic rings. The van der Waals surface area contributed by atoms with E-state index in [-0.39, 0.29) is 42.8 Å². The molecule has 21 heavy (non-hydrogen) atoms. The van der Waals surface area contributed by atoms with Crippen molar-refractivity contribution in [2.75, 3.05) is 13.2 Å². The van der Waals surface area contributed by atoms with E-state index in [1.54, 1.807) is 38.1 Å². The molecular formula is C13H16NaO4PS2. The molecule has 0 N–H and O–H groups in total. The Hall–Kier alpha value is 0.160. The molecule has 0 aliphatic carbocycles. The normalized spacial score (nSPS) is 13.0. The average Bonchev–Trinajstić information content (AvgIpc) is 2.40. The Bertz CT molecular complexity index is 506. The van der Waals surface area contributed by atoms with E-state index in [9.17, 15) is 9.59 Å². The topological polar surface area (TPSA) is 52.6 Å². The second-order valence-electron chi connectivity index (χ2n) is 3.84. The van der Waals surface area contributed by atoms with Gasteiger partial charge in [0.2, 0.25) is 0 Å². The molecule has 0 spiro atoms. The van der Waals surface area contributed by atoms with Crippen LogP contribution in [-0.2, 0) is 43.1 Å². The molecule has 0 amide bonds. The maximum atomic E-state index is 12.1. The fourth-order valence-corrected chi connectivity index (χ4v) is 4.95. The Morgan fingerprint density at radius 2 is 1.57 bits per heavy atom. The maximum absolute atomic E-state index is 12.1. The molecule has 110 valence electrons. The van der Waals surface area contributed by atoms with Gasteiger partial charge in [0.05, 0.1) is 13.2 Å². The number of rotatable bonds is 6. The first-order valence-electron chi connectivity index (χ1n) is 6.14. The molecule has 8 heteroatoms. The van der Waals surface area contributed by atoms with E-state index in [4.69, 9.17) is 33.5 Å². The SMILES string of the molecule is CCOC(=O)C(C(=O)OCC)P(=S)([S-])c1ccccc1.[Na+]. The maximum Gasteiger partial charge on any atom is 1.00 e. The molecule has 4 nitrogen and oxygen atoms in total. The summed E-state index contributed by atoms with van der Waals surface area (Å²) in [6.07, 6.45) is 0. The zero-order chi connectivity index (χ0) is 15.2. The molecule has 0 saturated carbocycles. The number of carbonyl (C=O) groups is 2. The van der Waals surface area contributed by atoms with Crippen LogP contribution in [0.3, 0.4) is 0 Å². The van der Waals surface area contributed by atoms with Crippen LogP contribution in [0.15, 0.2) is 30.3 Å². The van der Waals surface area contributed by atoms with E-state index in [2.05, 4.69) is 0 Å². The molecule has 1 atom stereocenters. The summed E-state index contributed by atoms with van der Waals surface area (Å²) in [5.41, 5.74) is -1.23. The van der Waals surface area contributed by atoms with Crippen LogP contribution < -0.4 is 34.9 Å². The summed E-state index contributed by atoms with van der Waals surface area (Å²) < 4.78 is 9.87. The number of esters is 2. The number of carbonyl (C=O) groups excluding carboxylic acids is 2. The monoisotopic (exact) mass is 354 g/mol. The second kappa shape index (κ2) is 10.0. The second-order valence-corrected chi connectivity index (χ2v) is 10.2. The Morgan fingerprint density at radius 3 is 1.95 bits per heavy atom. The molecule has 0 aliphatic rings. The van der Waals surface area contributed by atoms with Gasteiger partial charge in [-0.2, -0.15) is 0 Å².